The molecule has 0 heterocycles. The molecule has 0 aromatic carbocycles. The van der Waals surface area contributed by atoms with Gasteiger partial charge < -0.3 is 9.84 Å². The van der Waals surface area contributed by atoms with Gasteiger partial charge in [0, 0.05) is 7.11 Å². The number of fused-ring (bicyclic) bond motifs is 3. The van der Waals surface area contributed by atoms with Gasteiger partial charge in [-0.25, -0.2) is 0 Å². The molecule has 3 nitrogen and oxygen atoms in total. The Morgan fingerprint density at radius 1 is 1.08 bits per heavy atom. The van der Waals surface area contributed by atoms with Crippen molar-refractivity contribution in [3.05, 3.63) is 0 Å². The third-order valence-electron chi connectivity index (χ3n) is 7.89. The van der Waals surface area contributed by atoms with E-state index in [0.717, 1.165) is 38.5 Å². The minimum absolute atomic E-state index is 0.117. The number of hydrogen-bond donors (Lipinski definition) is 1. The molecule has 0 aromatic rings. The van der Waals surface area contributed by atoms with Gasteiger partial charge in [0.2, 0.25) is 0 Å². The number of aliphatic hydroxyl groups is 1. The molecule has 3 aliphatic carbocycles. The molecule has 3 saturated carbocycles. The summed E-state index contributed by atoms with van der Waals surface area (Å²) in [5.74, 6) is 2.77. The molecular weight excluding hydrogens is 298 g/mol. The maximum Gasteiger partial charge on any atom is 0.0661 e. The monoisotopic (exact) mass is 333 g/mol. The summed E-state index contributed by atoms with van der Waals surface area (Å²) in [4.78, 5) is 0. The molecule has 3 heteroatoms. The van der Waals surface area contributed by atoms with Crippen LogP contribution in [0, 0.1) is 46.3 Å². The van der Waals surface area contributed by atoms with E-state index in [1.807, 2.05) is 7.11 Å². The van der Waals surface area contributed by atoms with E-state index in [1.54, 1.807) is 0 Å². The maximum absolute atomic E-state index is 10.2. The molecule has 0 amide bonds. The quantitative estimate of drug-likeness (QED) is 0.766. The largest absolute Gasteiger partial charge is 0.393 e. The fraction of sp³-hybridized carbons (Fsp3) is 0.952. The lowest BCUT2D eigenvalue weighted by atomic mass is 9.53. The van der Waals surface area contributed by atoms with Crippen molar-refractivity contribution in [2.75, 3.05) is 7.11 Å². The van der Waals surface area contributed by atoms with Crippen LogP contribution in [0.3, 0.4) is 0 Å². The van der Waals surface area contributed by atoms with Crippen LogP contribution in [0.15, 0.2) is 0 Å². The van der Waals surface area contributed by atoms with Gasteiger partial charge in [-0.2, -0.15) is 5.26 Å². The van der Waals surface area contributed by atoms with Crippen LogP contribution < -0.4 is 0 Å². The Hall–Kier alpha value is -0.590. The van der Waals surface area contributed by atoms with Crippen molar-refractivity contribution < 1.29 is 9.84 Å². The topological polar surface area (TPSA) is 53.2 Å². The third kappa shape index (κ3) is 3.13. The highest BCUT2D eigenvalue weighted by Crippen LogP contribution is 2.61. The Morgan fingerprint density at radius 2 is 1.83 bits per heavy atom. The number of rotatable bonds is 1. The highest BCUT2D eigenvalue weighted by Gasteiger charge is 2.57. The second kappa shape index (κ2) is 7.34. The van der Waals surface area contributed by atoms with Crippen LogP contribution in [0.2, 0.25) is 0 Å². The van der Waals surface area contributed by atoms with E-state index >= 15 is 0 Å². The van der Waals surface area contributed by atoms with E-state index in [9.17, 15) is 10.4 Å². The van der Waals surface area contributed by atoms with Gasteiger partial charge in [-0.1, -0.05) is 26.7 Å². The fourth-order valence-electron chi connectivity index (χ4n) is 6.56. The molecule has 1 N–H and O–H groups in total. The average molecular weight is 334 g/mol. The van der Waals surface area contributed by atoms with Gasteiger partial charge in [0.1, 0.15) is 0 Å². The first kappa shape index (κ1) is 18.2. The third-order valence-corrected chi connectivity index (χ3v) is 7.89. The molecule has 0 aromatic heterocycles. The highest BCUT2D eigenvalue weighted by atomic mass is 16.5. The summed E-state index contributed by atoms with van der Waals surface area (Å²) in [5.41, 5.74) is 0.139. The zero-order chi connectivity index (χ0) is 17.3. The Kier molecular flexibility index (Phi) is 5.57. The molecule has 3 rings (SSSR count). The molecule has 0 saturated heterocycles. The van der Waals surface area contributed by atoms with Crippen LogP contribution in [-0.4, -0.2) is 24.4 Å². The molecule has 3 aliphatic rings. The van der Waals surface area contributed by atoms with Crippen molar-refractivity contribution in [3.8, 4) is 6.07 Å². The molecule has 0 spiro atoms. The summed E-state index contributed by atoms with van der Waals surface area (Å²) in [6, 6.07) is 2.62. The standard InChI is InChI=1S/C21H35NO2/c1-14-8-10-16(23)6-4-5-7-17-18-11-9-15(13-22)21(18,2)12-19(24-3)20(14)17/h14-20,23H,4-12H2,1-3H3. The summed E-state index contributed by atoms with van der Waals surface area (Å²) in [6.45, 7) is 4.74. The summed E-state index contributed by atoms with van der Waals surface area (Å²) < 4.78 is 6.02. The van der Waals surface area contributed by atoms with Crippen molar-refractivity contribution in [1.29, 1.82) is 5.26 Å². The zero-order valence-corrected chi connectivity index (χ0v) is 15.7. The smallest absolute Gasteiger partial charge is 0.0661 e. The lowest BCUT2D eigenvalue weighted by molar-refractivity contribution is -0.111. The van der Waals surface area contributed by atoms with Crippen LogP contribution in [0.1, 0.15) is 71.6 Å². The summed E-state index contributed by atoms with van der Waals surface area (Å²) in [7, 11) is 1.86. The van der Waals surface area contributed by atoms with E-state index in [2.05, 4.69) is 19.9 Å². The van der Waals surface area contributed by atoms with E-state index in [0.29, 0.717) is 23.7 Å². The fourth-order valence-corrected chi connectivity index (χ4v) is 6.56. The van der Waals surface area contributed by atoms with Crippen molar-refractivity contribution in [2.24, 2.45) is 35.0 Å². The van der Waals surface area contributed by atoms with E-state index in [4.69, 9.17) is 4.74 Å². The molecule has 8 unspecified atom stereocenters. The first-order chi connectivity index (χ1) is 11.5. The van der Waals surface area contributed by atoms with Gasteiger partial charge in [0.15, 0.2) is 0 Å². The summed E-state index contributed by atoms with van der Waals surface area (Å²) in [5, 5.41) is 19.8. The van der Waals surface area contributed by atoms with Gasteiger partial charge in [-0.15, -0.1) is 0 Å². The minimum Gasteiger partial charge on any atom is -0.393 e. The number of hydrogen-bond acceptors (Lipinski definition) is 3. The number of methoxy groups -OCH3 is 1. The molecule has 8 atom stereocenters. The van der Waals surface area contributed by atoms with Crippen molar-refractivity contribution in [2.45, 2.75) is 83.8 Å². The zero-order valence-electron chi connectivity index (χ0n) is 15.7. The Morgan fingerprint density at radius 3 is 2.54 bits per heavy atom. The normalized spacial score (nSPS) is 49.7. The minimum atomic E-state index is -0.117. The van der Waals surface area contributed by atoms with Gasteiger partial charge in [-0.05, 0) is 74.0 Å². The number of nitrogens with zero attached hydrogens (tertiary/aromatic N) is 1. The van der Waals surface area contributed by atoms with Crippen molar-refractivity contribution in [1.82, 2.24) is 0 Å². The lowest BCUT2D eigenvalue weighted by Gasteiger charge is -2.53. The van der Waals surface area contributed by atoms with Crippen LogP contribution >= 0.6 is 0 Å². The SMILES string of the molecule is COC1CC2(C)C(C#N)CCC2C2CCCCC(O)CCC(C)C12. The molecule has 0 radical (unpaired) electrons. The Balaban J connectivity index is 1.89. The van der Waals surface area contributed by atoms with Crippen molar-refractivity contribution >= 4 is 0 Å². The molecule has 24 heavy (non-hydrogen) atoms. The van der Waals surface area contributed by atoms with Gasteiger partial charge >= 0.3 is 0 Å². The maximum atomic E-state index is 10.2. The van der Waals surface area contributed by atoms with Crippen LogP contribution in [0.4, 0.5) is 0 Å². The predicted octanol–water partition coefficient (Wildman–Crippen LogP) is 4.54. The predicted molar refractivity (Wildman–Crippen MR) is 95.2 cm³/mol. The summed E-state index contributed by atoms with van der Waals surface area (Å²) in [6.07, 6.45) is 10.1. The first-order valence-corrected chi connectivity index (χ1v) is 10.1. The molecular formula is C21H35NO2. The van der Waals surface area contributed by atoms with Crippen LogP contribution in [0.5, 0.6) is 0 Å². The molecule has 0 aliphatic heterocycles. The molecule has 0 bridgehead atoms. The second-order valence-corrected chi connectivity index (χ2v) is 9.08. The molecule has 3 fully saturated rings. The van der Waals surface area contributed by atoms with Crippen LogP contribution in [-0.2, 0) is 4.74 Å². The number of aliphatic hydroxyl groups excluding tert-OH is 1. The van der Waals surface area contributed by atoms with Gasteiger partial charge in [0.05, 0.1) is 24.2 Å². The molecule has 136 valence electrons. The van der Waals surface area contributed by atoms with Crippen LogP contribution in [0.25, 0.3) is 0 Å². The average Bonchev–Trinajstić information content (AvgIpc) is 2.91. The van der Waals surface area contributed by atoms with E-state index in [-0.39, 0.29) is 23.5 Å². The lowest BCUT2D eigenvalue weighted by Crippen LogP contribution is -2.51. The van der Waals surface area contributed by atoms with E-state index < -0.39 is 0 Å². The second-order valence-electron chi connectivity index (χ2n) is 9.08. The Labute approximate surface area is 147 Å². The summed E-state index contributed by atoms with van der Waals surface area (Å²) >= 11 is 0. The first-order valence-electron chi connectivity index (χ1n) is 10.1. The highest BCUT2D eigenvalue weighted by molar-refractivity contribution is 5.11. The van der Waals surface area contributed by atoms with Gasteiger partial charge in [0.25, 0.3) is 0 Å². The Bertz CT molecular complexity index is 473. The van der Waals surface area contributed by atoms with E-state index in [1.165, 1.54) is 19.3 Å². The van der Waals surface area contributed by atoms with Crippen molar-refractivity contribution in [3.63, 3.8) is 0 Å². The number of ether oxygens (including phenoxy) is 1. The van der Waals surface area contributed by atoms with Gasteiger partial charge in [-0.3, -0.25) is 0 Å². The number of nitriles is 1.